The number of aromatic nitrogens is 3. The van der Waals surface area contributed by atoms with Crippen LogP contribution in [0.4, 0.5) is 10.6 Å². The van der Waals surface area contributed by atoms with E-state index in [-0.39, 0.29) is 18.1 Å². The van der Waals surface area contributed by atoms with E-state index in [4.69, 9.17) is 4.74 Å². The molecule has 0 saturated heterocycles. The van der Waals surface area contributed by atoms with E-state index in [2.05, 4.69) is 26.0 Å². The number of likely N-dealkylation sites (N-methyl/N-ethyl adjacent to an activating group) is 2. The predicted molar refractivity (Wildman–Crippen MR) is 127 cm³/mol. The Morgan fingerprint density at radius 3 is 2.58 bits per heavy atom. The molecule has 0 spiro atoms. The van der Waals surface area contributed by atoms with Gasteiger partial charge in [-0.1, -0.05) is 12.1 Å². The molecular weight excluding hydrogens is 422 g/mol. The van der Waals surface area contributed by atoms with Crippen LogP contribution in [0.3, 0.4) is 0 Å². The average molecular weight is 454 g/mol. The number of hydrogen-bond acceptors (Lipinski definition) is 7. The highest BCUT2D eigenvalue weighted by Crippen LogP contribution is 2.24. The summed E-state index contributed by atoms with van der Waals surface area (Å²) in [5, 5.41) is 13.5. The molecule has 1 aromatic carbocycles. The molecule has 3 aromatic rings. The molecule has 0 atom stereocenters. The molecule has 176 valence electrons. The summed E-state index contributed by atoms with van der Waals surface area (Å²) >= 11 is 0. The second-order valence-electron chi connectivity index (χ2n) is 7.86. The molecular formula is C23H31N7O3. The van der Waals surface area contributed by atoms with Crippen LogP contribution in [0.5, 0.6) is 0 Å². The molecule has 33 heavy (non-hydrogen) atoms. The van der Waals surface area contributed by atoms with Crippen LogP contribution in [0.15, 0.2) is 42.7 Å². The molecule has 3 N–H and O–H groups in total. The number of carbonyl (C=O) groups is 2. The van der Waals surface area contributed by atoms with Crippen LogP contribution in [-0.2, 0) is 4.74 Å². The third-order valence-electron chi connectivity index (χ3n) is 4.89. The Morgan fingerprint density at radius 2 is 1.88 bits per heavy atom. The van der Waals surface area contributed by atoms with Crippen molar-refractivity contribution >= 4 is 23.5 Å². The first-order valence-electron chi connectivity index (χ1n) is 10.9. The summed E-state index contributed by atoms with van der Waals surface area (Å²) in [6.45, 7) is 5.92. The lowest BCUT2D eigenvalue weighted by Gasteiger charge is -2.19. The maximum absolute atomic E-state index is 12.2. The van der Waals surface area contributed by atoms with Crippen molar-refractivity contribution in [3.05, 3.63) is 48.3 Å². The monoisotopic (exact) mass is 453 g/mol. The van der Waals surface area contributed by atoms with E-state index < -0.39 is 0 Å². The van der Waals surface area contributed by atoms with E-state index >= 15 is 0 Å². The Kier molecular flexibility index (Phi) is 8.20. The molecule has 2 amide bonds. The maximum Gasteiger partial charge on any atom is 0.409 e. The zero-order valence-corrected chi connectivity index (χ0v) is 19.5. The Hall–Kier alpha value is -3.66. The van der Waals surface area contributed by atoms with Gasteiger partial charge >= 0.3 is 6.09 Å². The van der Waals surface area contributed by atoms with Gasteiger partial charge in [0.05, 0.1) is 12.3 Å². The van der Waals surface area contributed by atoms with Crippen LogP contribution in [0, 0.1) is 0 Å². The molecule has 10 heteroatoms. The number of amides is 2. The fourth-order valence-electron chi connectivity index (χ4n) is 3.11. The van der Waals surface area contributed by atoms with Crippen molar-refractivity contribution in [3.8, 4) is 11.1 Å². The van der Waals surface area contributed by atoms with E-state index in [0.717, 1.165) is 11.1 Å². The fourth-order valence-corrected chi connectivity index (χ4v) is 3.11. The first kappa shape index (κ1) is 24.0. The minimum absolute atomic E-state index is 0.108. The van der Waals surface area contributed by atoms with Crippen LogP contribution in [0.2, 0.25) is 0 Å². The molecule has 0 bridgehead atoms. The van der Waals surface area contributed by atoms with E-state index in [1.807, 2.05) is 45.3 Å². The van der Waals surface area contributed by atoms with Crippen molar-refractivity contribution in [2.24, 2.45) is 0 Å². The first-order valence-corrected chi connectivity index (χ1v) is 10.9. The van der Waals surface area contributed by atoms with Crippen LogP contribution in [-0.4, -0.2) is 77.9 Å². The minimum atomic E-state index is -0.354. The Labute approximate surface area is 193 Å². The smallest absolute Gasteiger partial charge is 0.409 e. The standard InChI is InChI=1S/C23H31N7O3/c1-16(2)33-23(32)29(4)14-12-25-20-9-13-30-21(28-20)19(15-27-30)17-5-7-18(8-6-17)22(31)26-11-10-24-3/h5-9,13,15-16,24H,10-12,14H2,1-4H3,(H,25,28)(H,26,31). The molecule has 10 nitrogen and oxygen atoms in total. The van der Waals surface area contributed by atoms with Crippen LogP contribution >= 0.6 is 0 Å². The van der Waals surface area contributed by atoms with Gasteiger partial charge in [-0.3, -0.25) is 4.79 Å². The molecule has 0 unspecified atom stereocenters. The lowest BCUT2D eigenvalue weighted by Crippen LogP contribution is -2.33. The number of benzene rings is 1. The Balaban J connectivity index is 1.66. The van der Waals surface area contributed by atoms with Gasteiger partial charge < -0.3 is 25.6 Å². The molecule has 2 heterocycles. The second-order valence-corrected chi connectivity index (χ2v) is 7.86. The predicted octanol–water partition coefficient (Wildman–Crippen LogP) is 2.23. The summed E-state index contributed by atoms with van der Waals surface area (Å²) < 4.78 is 6.88. The average Bonchev–Trinajstić information content (AvgIpc) is 3.22. The molecule has 0 radical (unpaired) electrons. The number of hydrogen-bond donors (Lipinski definition) is 3. The topological polar surface area (TPSA) is 113 Å². The van der Waals surface area contributed by atoms with Crippen molar-refractivity contribution in [3.63, 3.8) is 0 Å². The van der Waals surface area contributed by atoms with E-state index in [0.29, 0.717) is 43.2 Å². The van der Waals surface area contributed by atoms with Crippen LogP contribution in [0.25, 0.3) is 16.8 Å². The van der Waals surface area contributed by atoms with Gasteiger partial charge in [-0.2, -0.15) is 5.10 Å². The van der Waals surface area contributed by atoms with E-state index in [1.165, 1.54) is 4.90 Å². The third kappa shape index (κ3) is 6.42. The van der Waals surface area contributed by atoms with Crippen molar-refractivity contribution in [1.82, 2.24) is 30.1 Å². The number of nitrogens with one attached hydrogen (secondary N) is 3. The van der Waals surface area contributed by atoms with Gasteiger partial charge in [-0.05, 0) is 44.7 Å². The third-order valence-corrected chi connectivity index (χ3v) is 4.89. The Bertz CT molecular complexity index is 1080. The molecule has 0 aliphatic heterocycles. The van der Waals surface area contributed by atoms with Crippen LogP contribution < -0.4 is 16.0 Å². The highest BCUT2D eigenvalue weighted by atomic mass is 16.6. The van der Waals surface area contributed by atoms with Gasteiger partial charge in [-0.15, -0.1) is 0 Å². The van der Waals surface area contributed by atoms with Gasteiger partial charge in [0.2, 0.25) is 0 Å². The molecule has 0 fully saturated rings. The highest BCUT2D eigenvalue weighted by Gasteiger charge is 2.13. The van der Waals surface area contributed by atoms with Gasteiger partial charge in [0.1, 0.15) is 5.82 Å². The minimum Gasteiger partial charge on any atom is -0.447 e. The quantitative estimate of drug-likeness (QED) is 0.404. The molecule has 0 aliphatic rings. The number of fused-ring (bicyclic) bond motifs is 1. The summed E-state index contributed by atoms with van der Waals surface area (Å²) in [7, 11) is 3.54. The van der Waals surface area contributed by atoms with Crippen molar-refractivity contribution in [2.45, 2.75) is 20.0 Å². The fraction of sp³-hybridized carbons (Fsp3) is 0.391. The number of anilines is 1. The largest absolute Gasteiger partial charge is 0.447 e. The normalized spacial score (nSPS) is 10.9. The Morgan fingerprint density at radius 1 is 1.12 bits per heavy atom. The van der Waals surface area contributed by atoms with Crippen molar-refractivity contribution < 1.29 is 14.3 Å². The van der Waals surface area contributed by atoms with Gasteiger partial charge in [0, 0.05) is 50.6 Å². The maximum atomic E-state index is 12.2. The van der Waals surface area contributed by atoms with Gasteiger partial charge in [-0.25, -0.2) is 14.3 Å². The zero-order chi connectivity index (χ0) is 23.8. The number of ether oxygens (including phenoxy) is 1. The lowest BCUT2D eigenvalue weighted by molar-refractivity contribution is 0.0850. The molecule has 3 rings (SSSR count). The van der Waals surface area contributed by atoms with E-state index in [1.54, 1.807) is 29.9 Å². The van der Waals surface area contributed by atoms with Crippen molar-refractivity contribution in [2.75, 3.05) is 45.6 Å². The molecule has 0 saturated carbocycles. The number of rotatable bonds is 10. The number of nitrogens with zero attached hydrogens (tertiary/aromatic N) is 4. The van der Waals surface area contributed by atoms with Gasteiger partial charge in [0.15, 0.2) is 5.65 Å². The first-order chi connectivity index (χ1) is 15.9. The summed E-state index contributed by atoms with van der Waals surface area (Å²) in [6, 6.07) is 9.19. The van der Waals surface area contributed by atoms with Crippen LogP contribution in [0.1, 0.15) is 24.2 Å². The summed E-state index contributed by atoms with van der Waals surface area (Å²) in [5.74, 6) is 0.568. The SMILES string of the molecule is CNCCNC(=O)c1ccc(-c2cnn3ccc(NCCN(C)C(=O)OC(C)C)nc23)cc1. The molecule has 2 aromatic heterocycles. The lowest BCUT2D eigenvalue weighted by atomic mass is 10.1. The zero-order valence-electron chi connectivity index (χ0n) is 19.5. The summed E-state index contributed by atoms with van der Waals surface area (Å²) in [4.78, 5) is 30.3. The molecule has 0 aliphatic carbocycles. The number of carbonyl (C=O) groups excluding carboxylic acids is 2. The highest BCUT2D eigenvalue weighted by molar-refractivity contribution is 5.95. The van der Waals surface area contributed by atoms with Crippen molar-refractivity contribution in [1.29, 1.82) is 0 Å². The summed E-state index contributed by atoms with van der Waals surface area (Å²) in [6.07, 6.45) is 3.07. The van der Waals surface area contributed by atoms with E-state index in [9.17, 15) is 9.59 Å². The summed E-state index contributed by atoms with van der Waals surface area (Å²) in [5.41, 5.74) is 3.07. The van der Waals surface area contributed by atoms with Gasteiger partial charge in [0.25, 0.3) is 5.91 Å². The second kappa shape index (κ2) is 11.3.